The van der Waals surface area contributed by atoms with E-state index in [0.29, 0.717) is 0 Å². The van der Waals surface area contributed by atoms with Crippen LogP contribution in [0.4, 0.5) is 0 Å². The van der Waals surface area contributed by atoms with Gasteiger partial charge >= 0.3 is 0 Å². The van der Waals surface area contributed by atoms with Crippen molar-refractivity contribution in [1.82, 2.24) is 19.9 Å². The second-order valence-corrected chi connectivity index (χ2v) is 27.2. The Morgan fingerprint density at radius 2 is 0.537 bits per heavy atom. The minimum absolute atomic E-state index is 0.747. The van der Waals surface area contributed by atoms with Crippen molar-refractivity contribution in [2.24, 2.45) is 11.8 Å². The van der Waals surface area contributed by atoms with Gasteiger partial charge in [-0.05, 0) is 98.5 Å². The maximum Gasteiger partial charge on any atom is 0.0983 e. The van der Waals surface area contributed by atoms with E-state index in [2.05, 4.69) is 90.4 Å². The average molecular weight is 1130 g/mol. The normalized spacial score (nSPS) is 12.8. The van der Waals surface area contributed by atoms with Gasteiger partial charge in [-0.15, -0.1) is 22.7 Å². The first kappa shape index (κ1) is 65.9. The fourth-order valence-electron chi connectivity index (χ4n) is 12.9. The van der Waals surface area contributed by atoms with Crippen molar-refractivity contribution in [3.05, 3.63) is 68.9 Å². The summed E-state index contributed by atoms with van der Waals surface area (Å²) < 4.78 is 0. The number of unbranched alkanes of at least 4 members (excludes halogenated alkanes) is 32. The molecule has 444 valence electrons. The summed E-state index contributed by atoms with van der Waals surface area (Å²) in [5, 5.41) is 7.22. The fraction of sp³-hybridized carbons (Fsp3) is 0.703. The number of thiophene rings is 2. The van der Waals surface area contributed by atoms with Crippen molar-refractivity contribution >= 4 is 55.5 Å². The third-order valence-electron chi connectivity index (χ3n) is 18.3. The van der Waals surface area contributed by atoms with Crippen LogP contribution in [0.25, 0.3) is 53.7 Å². The molecule has 0 N–H and O–H groups in total. The van der Waals surface area contributed by atoms with E-state index < -0.39 is 0 Å². The number of nitrogens with zero attached hydrogens (tertiary/aromatic N) is 4. The van der Waals surface area contributed by atoms with Gasteiger partial charge in [-0.2, -0.15) is 0 Å². The highest BCUT2D eigenvalue weighted by molar-refractivity contribution is 7.14. The van der Waals surface area contributed by atoms with Crippen LogP contribution < -0.4 is 0 Å². The first-order valence-corrected chi connectivity index (χ1v) is 36.0. The highest BCUT2D eigenvalue weighted by Gasteiger charge is 2.22. The van der Waals surface area contributed by atoms with Crippen LogP contribution in [0, 0.1) is 39.5 Å². The summed E-state index contributed by atoms with van der Waals surface area (Å²) in [5.41, 5.74) is 13.4. The Balaban J connectivity index is 1.22. The summed E-state index contributed by atoms with van der Waals surface area (Å²) >= 11 is 3.80. The molecular formula is C74H116N4S2. The van der Waals surface area contributed by atoms with Crippen molar-refractivity contribution in [2.45, 2.75) is 325 Å². The van der Waals surface area contributed by atoms with Gasteiger partial charge in [0.25, 0.3) is 0 Å². The van der Waals surface area contributed by atoms with Crippen molar-refractivity contribution in [3.8, 4) is 20.9 Å². The molecule has 4 heterocycles. The molecule has 0 radical (unpaired) electrons. The van der Waals surface area contributed by atoms with E-state index in [9.17, 15) is 0 Å². The van der Waals surface area contributed by atoms with E-state index in [1.165, 1.54) is 302 Å². The number of hydrogen-bond acceptors (Lipinski definition) is 6. The molecule has 0 fully saturated rings. The van der Waals surface area contributed by atoms with Gasteiger partial charge in [-0.1, -0.05) is 285 Å². The smallest absolute Gasteiger partial charge is 0.0983 e. The standard InChI is InChI=1S/C74H116N4S2/c1-9-13-17-21-25-29-31-35-39-43-47-61(45-41-37-33-27-23-19-15-11-3)49-63-51-69(79-55-63)67-53-65-66(71-73(67)77-59(7)57(5)75-71)54-68(74-72(65)76-58(6)60(8)78-74)70-52-64(56-80-70)50-62(46-42-38-34-28-24-20-16-12-4)48-44-40-36-32-30-26-22-18-14-10-2/h51-56,61-62H,9-50H2,1-8H3. The number of hydrogen-bond donors (Lipinski definition) is 0. The van der Waals surface area contributed by atoms with Crippen molar-refractivity contribution in [3.63, 3.8) is 0 Å². The van der Waals surface area contributed by atoms with Gasteiger partial charge in [0.1, 0.15) is 0 Å². The molecule has 80 heavy (non-hydrogen) atoms. The molecule has 0 bridgehead atoms. The summed E-state index contributed by atoms with van der Waals surface area (Å²) in [6.07, 6.45) is 58.1. The molecule has 6 aromatic rings. The largest absolute Gasteiger partial charge is 0.249 e. The highest BCUT2D eigenvalue weighted by Crippen LogP contribution is 2.43. The quantitative estimate of drug-likeness (QED) is 0.0282. The molecule has 0 aliphatic heterocycles. The Bertz CT molecular complexity index is 2440. The molecular weight excluding hydrogens is 1010 g/mol. The molecule has 2 atom stereocenters. The Labute approximate surface area is 499 Å². The Hall–Kier alpha value is -3.22. The zero-order chi connectivity index (χ0) is 56.6. The van der Waals surface area contributed by atoms with E-state index >= 15 is 0 Å². The monoisotopic (exact) mass is 1120 g/mol. The van der Waals surface area contributed by atoms with Crippen molar-refractivity contribution in [2.75, 3.05) is 0 Å². The molecule has 0 saturated carbocycles. The lowest BCUT2D eigenvalue weighted by atomic mass is 9.89. The fourth-order valence-corrected chi connectivity index (χ4v) is 14.8. The lowest BCUT2D eigenvalue weighted by molar-refractivity contribution is 0.400. The van der Waals surface area contributed by atoms with Crippen molar-refractivity contribution in [1.29, 1.82) is 0 Å². The Morgan fingerprint density at radius 3 is 0.800 bits per heavy atom. The highest BCUT2D eigenvalue weighted by atomic mass is 32.1. The van der Waals surface area contributed by atoms with Gasteiger partial charge in [0.2, 0.25) is 0 Å². The number of fused-ring (bicyclic) bond motifs is 5. The molecule has 4 nitrogen and oxygen atoms in total. The van der Waals surface area contributed by atoms with E-state index in [1.807, 2.05) is 22.7 Å². The molecule has 0 saturated heterocycles. The molecule has 2 unspecified atom stereocenters. The summed E-state index contributed by atoms with van der Waals surface area (Å²) in [4.78, 5) is 24.3. The van der Waals surface area contributed by atoms with Gasteiger partial charge in [0.05, 0.1) is 44.8 Å². The number of aryl methyl sites for hydroxylation is 4. The van der Waals surface area contributed by atoms with Gasteiger partial charge in [0, 0.05) is 31.7 Å². The summed E-state index contributed by atoms with van der Waals surface area (Å²) in [6.45, 7) is 17.8. The summed E-state index contributed by atoms with van der Waals surface area (Å²) in [7, 11) is 0. The van der Waals surface area contributed by atoms with Crippen LogP contribution in [-0.4, -0.2) is 19.9 Å². The van der Waals surface area contributed by atoms with Gasteiger partial charge < -0.3 is 0 Å². The lowest BCUT2D eigenvalue weighted by Crippen LogP contribution is -2.05. The third-order valence-corrected chi connectivity index (χ3v) is 20.3. The Kier molecular flexibility index (Phi) is 31.8. The van der Waals surface area contributed by atoms with Crippen LogP contribution in [0.5, 0.6) is 0 Å². The summed E-state index contributed by atoms with van der Waals surface area (Å²) in [5.74, 6) is 1.49. The Morgan fingerprint density at radius 1 is 0.300 bits per heavy atom. The molecule has 6 rings (SSSR count). The van der Waals surface area contributed by atoms with E-state index in [-0.39, 0.29) is 0 Å². The first-order valence-electron chi connectivity index (χ1n) is 34.3. The van der Waals surface area contributed by atoms with Crippen molar-refractivity contribution < 1.29 is 0 Å². The molecule has 0 aliphatic rings. The summed E-state index contributed by atoms with van der Waals surface area (Å²) in [6, 6.07) is 9.87. The number of rotatable bonds is 46. The average Bonchev–Trinajstić information content (AvgIpc) is 4.28. The minimum atomic E-state index is 0.747. The second kappa shape index (κ2) is 38.6. The van der Waals surface area contributed by atoms with Crippen LogP contribution in [0.15, 0.2) is 35.0 Å². The van der Waals surface area contributed by atoms with Gasteiger partial charge in [-0.3, -0.25) is 0 Å². The molecule has 0 aliphatic carbocycles. The predicted octanol–water partition coefficient (Wildman–Crippen LogP) is 25.4. The third kappa shape index (κ3) is 22.4. The van der Waals surface area contributed by atoms with Gasteiger partial charge in [0.15, 0.2) is 0 Å². The SMILES string of the molecule is CCCCCCCCCCCCC(CCCCCCCCCC)Cc1csc(-c2cc3c(cc(-c4cc(CC(CCCCCCCCCC)CCCCCCCCCCCC)cs4)c4nc(C)c(C)nc43)c3nc(C)c(C)nc23)c1. The van der Waals surface area contributed by atoms with Crippen LogP contribution in [0.3, 0.4) is 0 Å². The number of benzene rings is 2. The predicted molar refractivity (Wildman–Crippen MR) is 357 cm³/mol. The van der Waals surface area contributed by atoms with Crippen LogP contribution in [-0.2, 0) is 12.8 Å². The molecule has 2 aromatic carbocycles. The first-order chi connectivity index (χ1) is 39.2. The lowest BCUT2D eigenvalue weighted by Gasteiger charge is -2.17. The van der Waals surface area contributed by atoms with E-state index in [0.717, 1.165) is 67.5 Å². The maximum atomic E-state index is 5.44. The zero-order valence-electron chi connectivity index (χ0n) is 52.9. The van der Waals surface area contributed by atoms with E-state index in [1.54, 1.807) is 0 Å². The van der Waals surface area contributed by atoms with Gasteiger partial charge in [-0.25, -0.2) is 19.9 Å². The van der Waals surface area contributed by atoms with E-state index in [4.69, 9.17) is 19.9 Å². The molecule has 0 amide bonds. The minimum Gasteiger partial charge on any atom is -0.249 e. The molecule has 4 aromatic heterocycles. The van der Waals surface area contributed by atoms with Crippen LogP contribution >= 0.6 is 22.7 Å². The zero-order valence-corrected chi connectivity index (χ0v) is 54.6. The maximum absolute atomic E-state index is 5.44. The second-order valence-electron chi connectivity index (χ2n) is 25.4. The number of aromatic nitrogens is 4. The molecule has 6 heteroatoms. The van der Waals surface area contributed by atoms with Crippen LogP contribution in [0.2, 0.25) is 0 Å². The topological polar surface area (TPSA) is 51.6 Å². The molecule has 0 spiro atoms. The van der Waals surface area contributed by atoms with Crippen LogP contribution in [0.1, 0.15) is 318 Å².